The second kappa shape index (κ2) is 4.34. The van der Waals surface area contributed by atoms with Crippen molar-refractivity contribution in [2.45, 2.75) is 51.9 Å². The van der Waals surface area contributed by atoms with Crippen LogP contribution in [0.4, 0.5) is 0 Å². The van der Waals surface area contributed by atoms with Gasteiger partial charge in [0.05, 0.1) is 11.2 Å². The van der Waals surface area contributed by atoms with Gasteiger partial charge in [-0.05, 0) is 57.3 Å². The Morgan fingerprint density at radius 1 is 1.05 bits per heavy atom. The molecule has 3 rings (SSSR count). The molecule has 2 aliphatic heterocycles. The van der Waals surface area contributed by atoms with Crippen molar-refractivity contribution in [1.82, 2.24) is 5.32 Å². The maximum atomic E-state index is 6.10. The SMILES string of the molecule is CC1(C)OB(c2ccc3c(c2)CCNC3)OC1(C)C. The van der Waals surface area contributed by atoms with Gasteiger partial charge in [-0.1, -0.05) is 18.2 Å². The summed E-state index contributed by atoms with van der Waals surface area (Å²) in [4.78, 5) is 0. The molecule has 0 atom stereocenters. The number of hydrogen-bond donors (Lipinski definition) is 1. The van der Waals surface area contributed by atoms with E-state index in [1.165, 1.54) is 11.1 Å². The van der Waals surface area contributed by atoms with Gasteiger partial charge in [0.25, 0.3) is 0 Å². The number of fused-ring (bicyclic) bond motifs is 1. The van der Waals surface area contributed by atoms with Gasteiger partial charge in [-0.3, -0.25) is 0 Å². The van der Waals surface area contributed by atoms with Crippen molar-refractivity contribution in [3.8, 4) is 0 Å². The molecule has 0 spiro atoms. The van der Waals surface area contributed by atoms with Crippen molar-refractivity contribution in [2.24, 2.45) is 0 Å². The quantitative estimate of drug-likeness (QED) is 0.777. The summed E-state index contributed by atoms with van der Waals surface area (Å²) in [7, 11) is -0.245. The smallest absolute Gasteiger partial charge is 0.399 e. The topological polar surface area (TPSA) is 30.5 Å². The second-order valence-corrected chi connectivity index (χ2v) is 6.54. The first-order chi connectivity index (χ1) is 8.89. The molecule has 0 amide bonds. The first-order valence-corrected chi connectivity index (χ1v) is 7.07. The molecule has 0 radical (unpaired) electrons. The third kappa shape index (κ3) is 2.22. The summed E-state index contributed by atoms with van der Waals surface area (Å²) >= 11 is 0. The van der Waals surface area contributed by atoms with E-state index in [0.29, 0.717) is 0 Å². The highest BCUT2D eigenvalue weighted by atomic mass is 16.7. The molecule has 2 aliphatic rings. The molecule has 0 saturated carbocycles. The molecule has 0 aromatic heterocycles. The third-order valence-electron chi connectivity index (χ3n) is 4.64. The molecule has 1 saturated heterocycles. The molecule has 0 unspecified atom stereocenters. The standard InChI is InChI=1S/C15H22BNO2/c1-14(2)15(3,4)19-16(18-14)13-6-5-12-10-17-8-7-11(12)9-13/h5-6,9,17H,7-8,10H2,1-4H3. The summed E-state index contributed by atoms with van der Waals surface area (Å²) in [5.41, 5.74) is 3.42. The van der Waals surface area contributed by atoms with Crippen molar-refractivity contribution in [3.63, 3.8) is 0 Å². The van der Waals surface area contributed by atoms with Crippen molar-refractivity contribution < 1.29 is 9.31 Å². The van der Waals surface area contributed by atoms with Crippen LogP contribution in [0.3, 0.4) is 0 Å². The summed E-state index contributed by atoms with van der Waals surface area (Å²) in [6.07, 6.45) is 1.09. The Bertz CT molecular complexity index is 483. The van der Waals surface area contributed by atoms with Gasteiger partial charge in [0, 0.05) is 6.54 Å². The molecule has 1 aromatic carbocycles. The zero-order chi connectivity index (χ0) is 13.7. The van der Waals surface area contributed by atoms with E-state index in [9.17, 15) is 0 Å². The van der Waals surface area contributed by atoms with Crippen LogP contribution in [0.1, 0.15) is 38.8 Å². The van der Waals surface area contributed by atoms with Crippen molar-refractivity contribution in [2.75, 3.05) is 6.54 Å². The third-order valence-corrected chi connectivity index (χ3v) is 4.64. The fourth-order valence-electron chi connectivity index (χ4n) is 2.62. The van der Waals surface area contributed by atoms with Gasteiger partial charge in [0.2, 0.25) is 0 Å². The molecule has 2 heterocycles. The molecule has 0 aliphatic carbocycles. The van der Waals surface area contributed by atoms with Crippen molar-refractivity contribution in [3.05, 3.63) is 29.3 Å². The average Bonchev–Trinajstić information content (AvgIpc) is 2.58. The normalized spacial score (nSPS) is 24.3. The van der Waals surface area contributed by atoms with Crippen LogP contribution in [0.15, 0.2) is 18.2 Å². The molecule has 4 heteroatoms. The number of hydrogen-bond acceptors (Lipinski definition) is 3. The Morgan fingerprint density at radius 2 is 1.74 bits per heavy atom. The van der Waals surface area contributed by atoms with Gasteiger partial charge in [-0.2, -0.15) is 0 Å². The first kappa shape index (κ1) is 13.2. The molecule has 1 N–H and O–H groups in total. The van der Waals surface area contributed by atoms with E-state index < -0.39 is 0 Å². The fourth-order valence-corrected chi connectivity index (χ4v) is 2.62. The maximum absolute atomic E-state index is 6.10. The average molecular weight is 259 g/mol. The van der Waals surface area contributed by atoms with Gasteiger partial charge in [-0.15, -0.1) is 0 Å². The minimum Gasteiger partial charge on any atom is -0.399 e. The Hall–Kier alpha value is -0.835. The van der Waals surface area contributed by atoms with E-state index >= 15 is 0 Å². The zero-order valence-electron chi connectivity index (χ0n) is 12.2. The number of rotatable bonds is 1. The van der Waals surface area contributed by atoms with Crippen molar-refractivity contribution in [1.29, 1.82) is 0 Å². The first-order valence-electron chi connectivity index (χ1n) is 7.07. The molecule has 0 bridgehead atoms. The van der Waals surface area contributed by atoms with Crippen LogP contribution in [0.25, 0.3) is 0 Å². The lowest BCUT2D eigenvalue weighted by Gasteiger charge is -2.32. The lowest BCUT2D eigenvalue weighted by Crippen LogP contribution is -2.41. The summed E-state index contributed by atoms with van der Waals surface area (Å²) in [5, 5.41) is 3.39. The predicted octanol–water partition coefficient (Wildman–Crippen LogP) is 1.63. The number of benzene rings is 1. The van der Waals surface area contributed by atoms with E-state index in [2.05, 4.69) is 51.2 Å². The van der Waals surface area contributed by atoms with Gasteiger partial charge in [-0.25, -0.2) is 0 Å². The molecule has 3 nitrogen and oxygen atoms in total. The Morgan fingerprint density at radius 3 is 2.42 bits per heavy atom. The van der Waals surface area contributed by atoms with E-state index in [0.717, 1.165) is 25.0 Å². The van der Waals surface area contributed by atoms with E-state index in [4.69, 9.17) is 9.31 Å². The molecule has 102 valence electrons. The van der Waals surface area contributed by atoms with Gasteiger partial charge in [0.15, 0.2) is 0 Å². The largest absolute Gasteiger partial charge is 0.494 e. The Kier molecular flexibility index (Phi) is 3.00. The molecular weight excluding hydrogens is 237 g/mol. The highest BCUT2D eigenvalue weighted by molar-refractivity contribution is 6.62. The Labute approximate surface area is 115 Å². The molecule has 1 fully saturated rings. The molecule has 1 aromatic rings. The minimum absolute atomic E-state index is 0.245. The van der Waals surface area contributed by atoms with Crippen LogP contribution in [0.2, 0.25) is 0 Å². The zero-order valence-corrected chi connectivity index (χ0v) is 12.2. The van der Waals surface area contributed by atoms with Crippen LogP contribution in [0, 0.1) is 0 Å². The number of nitrogens with one attached hydrogen (secondary N) is 1. The highest BCUT2D eigenvalue weighted by Crippen LogP contribution is 2.36. The van der Waals surface area contributed by atoms with Crippen molar-refractivity contribution >= 4 is 12.6 Å². The van der Waals surface area contributed by atoms with Crippen LogP contribution < -0.4 is 10.8 Å². The summed E-state index contributed by atoms with van der Waals surface area (Å²) in [6.45, 7) is 10.4. The van der Waals surface area contributed by atoms with Gasteiger partial charge in [0.1, 0.15) is 0 Å². The summed E-state index contributed by atoms with van der Waals surface area (Å²) in [5.74, 6) is 0. The molecule has 19 heavy (non-hydrogen) atoms. The van der Waals surface area contributed by atoms with Crippen LogP contribution in [-0.2, 0) is 22.3 Å². The minimum atomic E-state index is -0.269. The van der Waals surface area contributed by atoms with Crippen LogP contribution in [0.5, 0.6) is 0 Å². The lowest BCUT2D eigenvalue weighted by atomic mass is 9.77. The van der Waals surface area contributed by atoms with Crippen LogP contribution in [-0.4, -0.2) is 24.9 Å². The maximum Gasteiger partial charge on any atom is 0.494 e. The van der Waals surface area contributed by atoms with E-state index in [1.54, 1.807) is 0 Å². The van der Waals surface area contributed by atoms with E-state index in [-0.39, 0.29) is 18.3 Å². The van der Waals surface area contributed by atoms with Gasteiger partial charge >= 0.3 is 7.12 Å². The summed E-state index contributed by atoms with van der Waals surface area (Å²) in [6, 6.07) is 6.58. The summed E-state index contributed by atoms with van der Waals surface area (Å²) < 4.78 is 12.2. The Balaban J connectivity index is 1.88. The lowest BCUT2D eigenvalue weighted by molar-refractivity contribution is 0.00578. The van der Waals surface area contributed by atoms with E-state index in [1.807, 2.05) is 0 Å². The second-order valence-electron chi connectivity index (χ2n) is 6.54. The van der Waals surface area contributed by atoms with Gasteiger partial charge < -0.3 is 14.6 Å². The van der Waals surface area contributed by atoms with Crippen LogP contribution >= 0.6 is 0 Å². The monoisotopic (exact) mass is 259 g/mol. The molecular formula is C15H22BNO2. The highest BCUT2D eigenvalue weighted by Gasteiger charge is 2.51. The fraction of sp³-hybridized carbons (Fsp3) is 0.600. The predicted molar refractivity (Wildman–Crippen MR) is 77.6 cm³/mol.